The maximum absolute atomic E-state index is 6.12. The predicted molar refractivity (Wildman–Crippen MR) is 135 cm³/mol. The lowest BCUT2D eigenvalue weighted by Crippen LogP contribution is -2.28. The van der Waals surface area contributed by atoms with Gasteiger partial charge in [0.25, 0.3) is 0 Å². The zero-order valence-electron chi connectivity index (χ0n) is 19.9. The Balaban J connectivity index is 1.58. The van der Waals surface area contributed by atoms with Gasteiger partial charge < -0.3 is 24.4 Å². The van der Waals surface area contributed by atoms with Crippen molar-refractivity contribution in [1.29, 1.82) is 0 Å². The molecule has 34 heavy (non-hydrogen) atoms. The first-order valence-electron chi connectivity index (χ1n) is 11.8. The fraction of sp³-hybridized carbons (Fsp3) is 0.333. The molecule has 1 aromatic heterocycles. The first kappa shape index (κ1) is 23.7. The summed E-state index contributed by atoms with van der Waals surface area (Å²) in [5, 5.41) is 3.32. The molecule has 0 saturated carbocycles. The van der Waals surface area contributed by atoms with Gasteiger partial charge in [-0.2, -0.15) is 0 Å². The number of hydrogen-bond acceptors (Lipinski definition) is 7. The molecular formula is C27H32N4O3. The van der Waals surface area contributed by atoms with Crippen LogP contribution in [0.1, 0.15) is 19.4 Å². The first-order valence-corrected chi connectivity index (χ1v) is 11.8. The third-order valence-electron chi connectivity index (χ3n) is 5.65. The number of aromatic nitrogens is 2. The first-order chi connectivity index (χ1) is 16.7. The van der Waals surface area contributed by atoms with Crippen molar-refractivity contribution in [2.24, 2.45) is 0 Å². The number of fused-ring (bicyclic) bond motifs is 7. The summed E-state index contributed by atoms with van der Waals surface area (Å²) < 4.78 is 17.9. The van der Waals surface area contributed by atoms with E-state index in [2.05, 4.69) is 29.0 Å². The Morgan fingerprint density at radius 2 is 1.91 bits per heavy atom. The fourth-order valence-corrected chi connectivity index (χ4v) is 3.71. The molecule has 2 aromatic carbocycles. The Morgan fingerprint density at radius 3 is 2.79 bits per heavy atom. The summed E-state index contributed by atoms with van der Waals surface area (Å²) in [5.41, 5.74) is 3.64. The fourth-order valence-electron chi connectivity index (χ4n) is 3.71. The van der Waals surface area contributed by atoms with Crippen LogP contribution in [0.25, 0.3) is 11.3 Å². The molecule has 2 heterocycles. The lowest BCUT2D eigenvalue weighted by Gasteiger charge is -2.19. The Morgan fingerprint density at radius 1 is 1.03 bits per heavy atom. The van der Waals surface area contributed by atoms with Gasteiger partial charge in [0.1, 0.15) is 24.7 Å². The molecule has 0 radical (unpaired) electrons. The van der Waals surface area contributed by atoms with Crippen molar-refractivity contribution in [2.75, 3.05) is 44.8 Å². The van der Waals surface area contributed by atoms with Crippen LogP contribution in [-0.4, -0.2) is 54.3 Å². The van der Waals surface area contributed by atoms with Crippen molar-refractivity contribution >= 4 is 11.6 Å². The highest BCUT2D eigenvalue weighted by molar-refractivity contribution is 5.64. The molecule has 6 bridgehead atoms. The van der Waals surface area contributed by atoms with Gasteiger partial charge in [-0.3, -0.25) is 0 Å². The third kappa shape index (κ3) is 6.56. The van der Waals surface area contributed by atoms with E-state index in [0.29, 0.717) is 32.4 Å². The summed E-state index contributed by atoms with van der Waals surface area (Å²) >= 11 is 0. The van der Waals surface area contributed by atoms with Crippen LogP contribution in [0.2, 0.25) is 0 Å². The molecule has 0 atom stereocenters. The van der Waals surface area contributed by atoms with Crippen LogP contribution in [0.3, 0.4) is 0 Å². The molecule has 0 unspecified atom stereocenters. The largest absolute Gasteiger partial charge is 0.492 e. The highest BCUT2D eigenvalue weighted by Crippen LogP contribution is 2.27. The summed E-state index contributed by atoms with van der Waals surface area (Å²) in [6.45, 7) is 9.26. The quantitative estimate of drug-likeness (QED) is 0.515. The van der Waals surface area contributed by atoms with Crippen molar-refractivity contribution < 1.29 is 14.2 Å². The number of benzene rings is 2. The molecule has 178 valence electrons. The zero-order valence-corrected chi connectivity index (χ0v) is 19.9. The molecule has 0 aliphatic carbocycles. The van der Waals surface area contributed by atoms with E-state index >= 15 is 0 Å². The molecule has 4 rings (SSSR count). The Kier molecular flexibility index (Phi) is 8.48. The van der Waals surface area contributed by atoms with E-state index in [1.807, 2.05) is 60.7 Å². The Bertz CT molecular complexity index is 1100. The molecule has 7 heteroatoms. The lowest BCUT2D eigenvalue weighted by atomic mass is 10.1. The van der Waals surface area contributed by atoms with Crippen molar-refractivity contribution in [2.45, 2.75) is 20.5 Å². The average Bonchev–Trinajstić information content (AvgIpc) is 2.87. The topological polar surface area (TPSA) is 68.7 Å². The van der Waals surface area contributed by atoms with E-state index < -0.39 is 0 Å². The normalized spacial score (nSPS) is 14.6. The lowest BCUT2D eigenvalue weighted by molar-refractivity contribution is 0.143. The molecule has 1 aliphatic rings. The van der Waals surface area contributed by atoms with Gasteiger partial charge in [0.05, 0.1) is 18.9 Å². The van der Waals surface area contributed by atoms with E-state index in [0.717, 1.165) is 53.6 Å². The van der Waals surface area contributed by atoms with Crippen molar-refractivity contribution in [1.82, 2.24) is 14.9 Å². The summed E-state index contributed by atoms with van der Waals surface area (Å²) in [6, 6.07) is 15.8. The van der Waals surface area contributed by atoms with Gasteiger partial charge in [0, 0.05) is 29.6 Å². The molecule has 1 N–H and O–H groups in total. The summed E-state index contributed by atoms with van der Waals surface area (Å²) in [7, 11) is 0. The molecule has 0 fully saturated rings. The molecule has 3 aromatic rings. The minimum absolute atomic E-state index is 0.434. The van der Waals surface area contributed by atoms with Crippen LogP contribution in [-0.2, 0) is 11.3 Å². The highest BCUT2D eigenvalue weighted by Gasteiger charge is 2.10. The van der Waals surface area contributed by atoms with Gasteiger partial charge in [-0.05, 0) is 55.6 Å². The standard InChI is InChI=1S/C27H32N4O3/c1-3-31(4-2)14-17-34-26-11-10-23-18-22(26)20-32-15-5-6-16-33-24-9-7-8-21(19-24)25-12-13-28-27(29-23)30-25/h5-13,18-19H,3-4,14-17,20H2,1-2H3,(H,28,29,30)/b6-5+. The number of hydrogen-bond donors (Lipinski definition) is 1. The molecule has 1 aliphatic heterocycles. The SMILES string of the molecule is CCN(CC)CCOc1ccc2cc1COC/C=C/COc1cccc(c1)-c1ccnc(n1)N2. The number of nitrogens with zero attached hydrogens (tertiary/aromatic N) is 3. The van der Waals surface area contributed by atoms with E-state index in [1.165, 1.54) is 0 Å². The highest BCUT2D eigenvalue weighted by atomic mass is 16.5. The van der Waals surface area contributed by atoms with E-state index in [1.54, 1.807) is 6.20 Å². The summed E-state index contributed by atoms with van der Waals surface area (Å²) in [5.74, 6) is 2.14. The van der Waals surface area contributed by atoms with E-state index in [4.69, 9.17) is 19.2 Å². The van der Waals surface area contributed by atoms with Crippen molar-refractivity contribution in [3.05, 3.63) is 72.4 Å². The van der Waals surface area contributed by atoms with Crippen LogP contribution in [0.15, 0.2) is 66.9 Å². The van der Waals surface area contributed by atoms with E-state index in [9.17, 15) is 0 Å². The number of anilines is 2. The van der Waals surface area contributed by atoms with Crippen LogP contribution in [0.4, 0.5) is 11.6 Å². The maximum atomic E-state index is 6.12. The molecular weight excluding hydrogens is 428 g/mol. The summed E-state index contributed by atoms with van der Waals surface area (Å²) in [6.07, 6.45) is 5.69. The Labute approximate surface area is 201 Å². The van der Waals surface area contributed by atoms with E-state index in [-0.39, 0.29) is 0 Å². The van der Waals surface area contributed by atoms with Gasteiger partial charge in [-0.1, -0.05) is 32.1 Å². The average molecular weight is 461 g/mol. The van der Waals surface area contributed by atoms with Gasteiger partial charge in [-0.25, -0.2) is 9.97 Å². The minimum atomic E-state index is 0.434. The smallest absolute Gasteiger partial charge is 0.227 e. The molecule has 7 nitrogen and oxygen atoms in total. The predicted octanol–water partition coefficient (Wildman–Crippen LogP) is 5.07. The van der Waals surface area contributed by atoms with Crippen LogP contribution in [0, 0.1) is 0 Å². The van der Waals surface area contributed by atoms with Crippen LogP contribution < -0.4 is 14.8 Å². The van der Waals surface area contributed by atoms with Gasteiger partial charge in [0.2, 0.25) is 5.95 Å². The maximum Gasteiger partial charge on any atom is 0.227 e. The molecule has 0 amide bonds. The number of nitrogens with one attached hydrogen (secondary N) is 1. The third-order valence-corrected chi connectivity index (χ3v) is 5.65. The zero-order chi connectivity index (χ0) is 23.6. The van der Waals surface area contributed by atoms with Crippen molar-refractivity contribution in [3.63, 3.8) is 0 Å². The monoisotopic (exact) mass is 460 g/mol. The minimum Gasteiger partial charge on any atom is -0.492 e. The van der Waals surface area contributed by atoms with Gasteiger partial charge in [-0.15, -0.1) is 0 Å². The number of ether oxygens (including phenoxy) is 3. The second-order valence-electron chi connectivity index (χ2n) is 7.91. The van der Waals surface area contributed by atoms with Gasteiger partial charge in [0.15, 0.2) is 0 Å². The van der Waals surface area contributed by atoms with Crippen molar-refractivity contribution in [3.8, 4) is 22.8 Å². The van der Waals surface area contributed by atoms with Gasteiger partial charge >= 0.3 is 0 Å². The van der Waals surface area contributed by atoms with Crippen LogP contribution in [0.5, 0.6) is 11.5 Å². The number of rotatable bonds is 6. The second kappa shape index (κ2) is 12.2. The Hall–Kier alpha value is -3.42. The van der Waals surface area contributed by atoms with Crippen LogP contribution >= 0.6 is 0 Å². The second-order valence-corrected chi connectivity index (χ2v) is 7.91. The summed E-state index contributed by atoms with van der Waals surface area (Å²) in [4.78, 5) is 11.4. The number of likely N-dealkylation sites (N-methyl/N-ethyl adjacent to an activating group) is 1. The molecule has 0 spiro atoms. The molecule has 0 saturated heterocycles.